The Labute approximate surface area is 141 Å². The lowest BCUT2D eigenvalue weighted by atomic mass is 9.98. The summed E-state index contributed by atoms with van der Waals surface area (Å²) in [5.74, 6) is 0.0664. The molecule has 2 fully saturated rings. The van der Waals surface area contributed by atoms with Crippen LogP contribution in [0.2, 0.25) is 0 Å². The summed E-state index contributed by atoms with van der Waals surface area (Å²) in [6, 6.07) is 0.708. The van der Waals surface area contributed by atoms with Gasteiger partial charge in [-0.1, -0.05) is 19.3 Å². The average Bonchev–Trinajstić information content (AvgIpc) is 2.84. The van der Waals surface area contributed by atoms with Crippen LogP contribution in [0.5, 0.6) is 0 Å². The Morgan fingerprint density at radius 2 is 1.90 bits per heavy atom. The van der Waals surface area contributed by atoms with Gasteiger partial charge >= 0.3 is 0 Å². The van der Waals surface area contributed by atoms with Crippen LogP contribution < -0.4 is 11.1 Å². The fraction of sp³-hybridized carbons (Fsp3) is 0.933. The Balaban J connectivity index is 0.00000200. The van der Waals surface area contributed by atoms with Crippen LogP contribution >= 0.6 is 24.8 Å². The van der Waals surface area contributed by atoms with Gasteiger partial charge in [-0.15, -0.1) is 24.8 Å². The zero-order valence-electron chi connectivity index (χ0n) is 13.1. The van der Waals surface area contributed by atoms with E-state index in [9.17, 15) is 4.79 Å². The third kappa shape index (κ3) is 5.93. The van der Waals surface area contributed by atoms with Crippen LogP contribution in [-0.2, 0) is 4.79 Å². The van der Waals surface area contributed by atoms with Gasteiger partial charge in [-0.05, 0) is 45.6 Å². The number of piperidine rings is 1. The number of amides is 1. The molecule has 1 unspecified atom stereocenters. The van der Waals surface area contributed by atoms with E-state index >= 15 is 0 Å². The van der Waals surface area contributed by atoms with E-state index < -0.39 is 5.54 Å². The number of carbonyl (C=O) groups is 1. The molecule has 0 aromatic rings. The molecule has 21 heavy (non-hydrogen) atoms. The zero-order valence-corrected chi connectivity index (χ0v) is 14.7. The second-order valence-corrected chi connectivity index (χ2v) is 6.35. The molecule has 1 heterocycles. The van der Waals surface area contributed by atoms with Gasteiger partial charge < -0.3 is 16.0 Å². The summed E-state index contributed by atoms with van der Waals surface area (Å²) in [5.41, 5.74) is 5.56. The van der Waals surface area contributed by atoms with Crippen molar-refractivity contribution in [2.45, 2.75) is 69.9 Å². The molecule has 1 atom stereocenters. The second-order valence-electron chi connectivity index (χ2n) is 6.35. The second kappa shape index (κ2) is 9.88. The number of hydrogen-bond donors (Lipinski definition) is 2. The van der Waals surface area contributed by atoms with Crippen LogP contribution in [0.25, 0.3) is 0 Å². The van der Waals surface area contributed by atoms with Crippen molar-refractivity contribution < 1.29 is 4.79 Å². The molecule has 2 aliphatic rings. The summed E-state index contributed by atoms with van der Waals surface area (Å²) in [4.78, 5) is 14.6. The van der Waals surface area contributed by atoms with E-state index in [1.54, 1.807) is 0 Å². The number of nitrogens with one attached hydrogen (secondary N) is 1. The van der Waals surface area contributed by atoms with Crippen LogP contribution in [0.4, 0.5) is 0 Å². The monoisotopic (exact) mass is 339 g/mol. The molecule has 1 amide bonds. The predicted octanol–water partition coefficient (Wildman–Crippen LogP) is 2.48. The standard InChI is InChI=1S/C15H29N3O.2ClH/c1-13-7-2-5-11-18(13)12-6-10-17-14(19)15(16)8-3-4-9-15;;/h13H,2-12,16H2,1H3,(H,17,19);2*1H. The molecule has 3 N–H and O–H groups in total. The molecule has 1 saturated carbocycles. The normalized spacial score (nSPS) is 24.8. The largest absolute Gasteiger partial charge is 0.354 e. The minimum atomic E-state index is -0.571. The maximum Gasteiger partial charge on any atom is 0.240 e. The van der Waals surface area contributed by atoms with Gasteiger partial charge in [-0.3, -0.25) is 4.79 Å². The minimum Gasteiger partial charge on any atom is -0.354 e. The molecule has 4 nitrogen and oxygen atoms in total. The van der Waals surface area contributed by atoms with Crippen molar-refractivity contribution in [3.8, 4) is 0 Å². The Hall–Kier alpha value is -0.0300. The molecular weight excluding hydrogens is 309 g/mol. The first-order chi connectivity index (χ1) is 9.12. The van der Waals surface area contributed by atoms with Gasteiger partial charge in [0.2, 0.25) is 5.91 Å². The topological polar surface area (TPSA) is 58.4 Å². The van der Waals surface area contributed by atoms with Crippen LogP contribution in [0.1, 0.15) is 58.3 Å². The highest BCUT2D eigenvalue weighted by Crippen LogP contribution is 2.27. The molecular formula is C15H31Cl2N3O. The highest BCUT2D eigenvalue weighted by Gasteiger charge is 2.36. The molecule has 1 aliphatic heterocycles. The van der Waals surface area contributed by atoms with Gasteiger partial charge in [-0.2, -0.15) is 0 Å². The zero-order chi connectivity index (χ0) is 13.7. The van der Waals surface area contributed by atoms with E-state index in [4.69, 9.17) is 5.73 Å². The van der Waals surface area contributed by atoms with Gasteiger partial charge in [0.05, 0.1) is 5.54 Å². The lowest BCUT2D eigenvalue weighted by Gasteiger charge is -2.33. The third-order valence-corrected chi connectivity index (χ3v) is 4.80. The molecule has 0 bridgehead atoms. The van der Waals surface area contributed by atoms with Crippen molar-refractivity contribution in [2.24, 2.45) is 5.73 Å². The number of carbonyl (C=O) groups excluding carboxylic acids is 1. The number of hydrogen-bond acceptors (Lipinski definition) is 3. The lowest BCUT2D eigenvalue weighted by molar-refractivity contribution is -0.126. The van der Waals surface area contributed by atoms with Crippen LogP contribution in [0.3, 0.4) is 0 Å². The van der Waals surface area contributed by atoms with Crippen LogP contribution in [0, 0.1) is 0 Å². The van der Waals surface area contributed by atoms with Gasteiger partial charge in [-0.25, -0.2) is 0 Å². The fourth-order valence-corrected chi connectivity index (χ4v) is 3.38. The van der Waals surface area contributed by atoms with E-state index in [1.807, 2.05) is 0 Å². The number of rotatable bonds is 5. The summed E-state index contributed by atoms with van der Waals surface area (Å²) in [7, 11) is 0. The van der Waals surface area contributed by atoms with Crippen molar-refractivity contribution in [1.82, 2.24) is 10.2 Å². The van der Waals surface area contributed by atoms with Crippen molar-refractivity contribution in [2.75, 3.05) is 19.6 Å². The van der Waals surface area contributed by atoms with Crippen LogP contribution in [0.15, 0.2) is 0 Å². The first kappa shape index (κ1) is 21.0. The molecule has 0 aromatic carbocycles. The van der Waals surface area contributed by atoms with E-state index in [0.29, 0.717) is 6.04 Å². The Morgan fingerprint density at radius 1 is 1.24 bits per heavy atom. The first-order valence-electron chi connectivity index (χ1n) is 7.93. The summed E-state index contributed by atoms with van der Waals surface area (Å²) in [6.07, 6.45) is 8.92. The van der Waals surface area contributed by atoms with Crippen molar-refractivity contribution >= 4 is 30.7 Å². The molecule has 0 spiro atoms. The molecule has 0 radical (unpaired) electrons. The maximum atomic E-state index is 12.0. The fourth-order valence-electron chi connectivity index (χ4n) is 3.38. The SMILES string of the molecule is CC1CCCCN1CCCNC(=O)C1(N)CCCC1.Cl.Cl. The van der Waals surface area contributed by atoms with E-state index in [0.717, 1.165) is 45.2 Å². The van der Waals surface area contributed by atoms with Crippen LogP contribution in [-0.4, -0.2) is 42.0 Å². The Morgan fingerprint density at radius 3 is 2.52 bits per heavy atom. The quantitative estimate of drug-likeness (QED) is 0.756. The van der Waals surface area contributed by atoms with Crippen molar-refractivity contribution in [3.05, 3.63) is 0 Å². The summed E-state index contributed by atoms with van der Waals surface area (Å²) in [5, 5.41) is 3.03. The number of halogens is 2. The highest BCUT2D eigenvalue weighted by molar-refractivity contribution is 5.86. The molecule has 0 aromatic heterocycles. The van der Waals surface area contributed by atoms with Gasteiger partial charge in [0.1, 0.15) is 0 Å². The molecule has 1 aliphatic carbocycles. The highest BCUT2D eigenvalue weighted by atomic mass is 35.5. The minimum absolute atomic E-state index is 0. The lowest BCUT2D eigenvalue weighted by Crippen LogP contribution is -2.52. The molecule has 126 valence electrons. The first-order valence-corrected chi connectivity index (χ1v) is 7.93. The molecule has 2 rings (SSSR count). The Kier molecular flexibility index (Phi) is 9.87. The summed E-state index contributed by atoms with van der Waals surface area (Å²) in [6.45, 7) is 5.39. The third-order valence-electron chi connectivity index (χ3n) is 4.80. The van der Waals surface area contributed by atoms with Gasteiger partial charge in [0, 0.05) is 19.1 Å². The number of nitrogens with zero attached hydrogens (tertiary/aromatic N) is 1. The van der Waals surface area contributed by atoms with E-state index in [-0.39, 0.29) is 30.7 Å². The van der Waals surface area contributed by atoms with Gasteiger partial charge in [0.25, 0.3) is 0 Å². The number of nitrogens with two attached hydrogens (primary N) is 1. The van der Waals surface area contributed by atoms with Crippen molar-refractivity contribution in [1.29, 1.82) is 0 Å². The smallest absolute Gasteiger partial charge is 0.240 e. The maximum absolute atomic E-state index is 12.0. The van der Waals surface area contributed by atoms with E-state index in [2.05, 4.69) is 17.1 Å². The summed E-state index contributed by atoms with van der Waals surface area (Å²) >= 11 is 0. The van der Waals surface area contributed by atoms with Gasteiger partial charge in [0.15, 0.2) is 0 Å². The van der Waals surface area contributed by atoms with E-state index in [1.165, 1.54) is 25.8 Å². The number of likely N-dealkylation sites (tertiary alicyclic amines) is 1. The average molecular weight is 340 g/mol. The molecule has 1 saturated heterocycles. The van der Waals surface area contributed by atoms with Crippen molar-refractivity contribution in [3.63, 3.8) is 0 Å². The predicted molar refractivity (Wildman–Crippen MR) is 92.4 cm³/mol. The summed E-state index contributed by atoms with van der Waals surface area (Å²) < 4.78 is 0. The Bertz CT molecular complexity index is 309. The molecule has 6 heteroatoms.